The van der Waals surface area contributed by atoms with Crippen LogP contribution in [0.3, 0.4) is 0 Å². The first-order valence-corrected chi connectivity index (χ1v) is 11.8. The molecule has 192 valence electrons. The number of nitrogens with one attached hydrogen (secondary N) is 1. The number of carbonyl (C=O) groups is 4. The lowest BCUT2D eigenvalue weighted by Gasteiger charge is -2.24. The fourth-order valence-corrected chi connectivity index (χ4v) is 3.78. The summed E-state index contributed by atoms with van der Waals surface area (Å²) < 4.78 is 10.6. The SMILES string of the molecule is Cc1ccc(C(=O)O[C@H](C(=O)O)[C@@H](OC(=O)c2ccc(C)cc2)C(=O)Nc2cccc3ccccc23)cc1. The van der Waals surface area contributed by atoms with Crippen molar-refractivity contribution in [3.63, 3.8) is 0 Å². The maximum absolute atomic E-state index is 13.4. The normalized spacial score (nSPS) is 12.3. The van der Waals surface area contributed by atoms with Crippen LogP contribution < -0.4 is 5.32 Å². The number of aliphatic carboxylic acids is 1. The number of carboxylic acid groups (broad SMARTS) is 1. The zero-order valence-electron chi connectivity index (χ0n) is 20.7. The summed E-state index contributed by atoms with van der Waals surface area (Å²) in [7, 11) is 0. The van der Waals surface area contributed by atoms with Crippen molar-refractivity contribution in [2.24, 2.45) is 0 Å². The molecule has 0 spiro atoms. The summed E-state index contributed by atoms with van der Waals surface area (Å²) in [6.07, 6.45) is -4.11. The molecule has 0 aliphatic carbocycles. The third-order valence-corrected chi connectivity index (χ3v) is 5.87. The fourth-order valence-electron chi connectivity index (χ4n) is 3.78. The molecular formula is C30H25NO7. The minimum absolute atomic E-state index is 0.0833. The van der Waals surface area contributed by atoms with Gasteiger partial charge >= 0.3 is 17.9 Å². The van der Waals surface area contributed by atoms with E-state index in [1.54, 1.807) is 48.5 Å². The molecule has 0 bridgehead atoms. The van der Waals surface area contributed by atoms with E-state index in [9.17, 15) is 24.3 Å². The average molecular weight is 512 g/mol. The van der Waals surface area contributed by atoms with E-state index in [0.717, 1.165) is 16.5 Å². The van der Waals surface area contributed by atoms with E-state index in [1.807, 2.05) is 32.0 Å². The van der Waals surface area contributed by atoms with Crippen LogP contribution in [0.15, 0.2) is 91.0 Å². The van der Waals surface area contributed by atoms with Gasteiger partial charge in [-0.3, -0.25) is 4.79 Å². The van der Waals surface area contributed by atoms with Gasteiger partial charge in [-0.15, -0.1) is 0 Å². The summed E-state index contributed by atoms with van der Waals surface area (Å²) in [5.74, 6) is -4.54. The number of ether oxygens (including phenoxy) is 2. The average Bonchev–Trinajstić information content (AvgIpc) is 2.91. The Morgan fingerprint density at radius 2 is 1.16 bits per heavy atom. The van der Waals surface area contributed by atoms with Crippen molar-refractivity contribution in [3.8, 4) is 0 Å². The van der Waals surface area contributed by atoms with Crippen LogP contribution in [0.25, 0.3) is 10.8 Å². The second-order valence-corrected chi connectivity index (χ2v) is 8.74. The highest BCUT2D eigenvalue weighted by Gasteiger charge is 2.41. The molecule has 2 N–H and O–H groups in total. The van der Waals surface area contributed by atoms with Crippen LogP contribution in [0.2, 0.25) is 0 Å². The van der Waals surface area contributed by atoms with Crippen LogP contribution in [0.4, 0.5) is 5.69 Å². The predicted molar refractivity (Wildman–Crippen MR) is 141 cm³/mol. The third-order valence-electron chi connectivity index (χ3n) is 5.87. The van der Waals surface area contributed by atoms with Crippen LogP contribution in [0, 0.1) is 13.8 Å². The summed E-state index contributed by atoms with van der Waals surface area (Å²) >= 11 is 0. The lowest BCUT2D eigenvalue weighted by molar-refractivity contribution is -0.157. The van der Waals surface area contributed by atoms with Gasteiger partial charge in [0.15, 0.2) is 0 Å². The van der Waals surface area contributed by atoms with Gasteiger partial charge in [0, 0.05) is 11.1 Å². The Morgan fingerprint density at radius 3 is 1.71 bits per heavy atom. The van der Waals surface area contributed by atoms with Crippen LogP contribution in [0.5, 0.6) is 0 Å². The van der Waals surface area contributed by atoms with Crippen LogP contribution in [0.1, 0.15) is 31.8 Å². The highest BCUT2D eigenvalue weighted by Crippen LogP contribution is 2.24. The molecule has 38 heavy (non-hydrogen) atoms. The first-order chi connectivity index (χ1) is 18.2. The number of aryl methyl sites for hydroxylation is 2. The second kappa shape index (κ2) is 11.4. The van der Waals surface area contributed by atoms with Gasteiger partial charge in [-0.05, 0) is 49.6 Å². The smallest absolute Gasteiger partial charge is 0.349 e. The van der Waals surface area contributed by atoms with Crippen molar-refractivity contribution in [1.82, 2.24) is 0 Å². The molecule has 8 heteroatoms. The predicted octanol–water partition coefficient (Wildman–Crippen LogP) is 4.93. The number of carboxylic acids is 1. The molecular weight excluding hydrogens is 486 g/mol. The number of fused-ring (bicyclic) bond motifs is 1. The van der Waals surface area contributed by atoms with Gasteiger partial charge in [0.25, 0.3) is 5.91 Å². The van der Waals surface area contributed by atoms with E-state index in [2.05, 4.69) is 5.32 Å². The van der Waals surface area contributed by atoms with Gasteiger partial charge in [-0.25, -0.2) is 14.4 Å². The van der Waals surface area contributed by atoms with E-state index in [4.69, 9.17) is 9.47 Å². The lowest BCUT2D eigenvalue weighted by atomic mass is 10.1. The summed E-state index contributed by atoms with van der Waals surface area (Å²) in [5.41, 5.74) is 2.34. The Bertz CT molecular complexity index is 1490. The van der Waals surface area contributed by atoms with Crippen molar-refractivity contribution in [3.05, 3.63) is 113 Å². The summed E-state index contributed by atoms with van der Waals surface area (Å²) in [6, 6.07) is 25.1. The van der Waals surface area contributed by atoms with Crippen molar-refractivity contribution in [2.45, 2.75) is 26.1 Å². The number of esters is 2. The fraction of sp³-hybridized carbons (Fsp3) is 0.133. The maximum atomic E-state index is 13.4. The standard InChI is InChI=1S/C30H25NO7/c1-18-10-14-21(15-11-18)29(35)37-25(26(28(33)34)38-30(36)22-16-12-19(2)13-17-22)27(32)31-24-9-5-7-20-6-3-4-8-23(20)24/h3-17,25-26H,1-2H3,(H,31,32)(H,33,34)/t25-,26+/m1/s1. The molecule has 0 aromatic heterocycles. The Labute approximate surface area is 218 Å². The lowest BCUT2D eigenvalue weighted by Crippen LogP contribution is -2.48. The van der Waals surface area contributed by atoms with Crippen LogP contribution in [-0.4, -0.2) is 41.1 Å². The van der Waals surface area contributed by atoms with Crippen molar-refractivity contribution >= 4 is 40.3 Å². The van der Waals surface area contributed by atoms with Gasteiger partial charge in [-0.2, -0.15) is 0 Å². The molecule has 2 atom stereocenters. The third kappa shape index (κ3) is 6.04. The van der Waals surface area contributed by atoms with Crippen molar-refractivity contribution < 1.29 is 33.8 Å². The van der Waals surface area contributed by atoms with Crippen molar-refractivity contribution in [2.75, 3.05) is 5.32 Å². The highest BCUT2D eigenvalue weighted by molar-refractivity contribution is 6.06. The highest BCUT2D eigenvalue weighted by atomic mass is 16.6. The molecule has 0 unspecified atom stereocenters. The molecule has 0 aliphatic heterocycles. The topological polar surface area (TPSA) is 119 Å². The molecule has 0 radical (unpaired) electrons. The zero-order valence-corrected chi connectivity index (χ0v) is 20.7. The van der Waals surface area contributed by atoms with E-state index in [-0.39, 0.29) is 11.1 Å². The minimum Gasteiger partial charge on any atom is -0.478 e. The Balaban J connectivity index is 1.66. The molecule has 0 heterocycles. The van der Waals surface area contributed by atoms with Gasteiger partial charge in [0.2, 0.25) is 12.2 Å². The number of hydrogen-bond donors (Lipinski definition) is 2. The van der Waals surface area contributed by atoms with Crippen LogP contribution in [-0.2, 0) is 19.1 Å². The summed E-state index contributed by atoms with van der Waals surface area (Å²) in [5, 5.41) is 14.1. The van der Waals surface area contributed by atoms with E-state index >= 15 is 0 Å². The quantitative estimate of drug-likeness (QED) is 0.322. The molecule has 4 rings (SSSR count). The van der Waals surface area contributed by atoms with Crippen molar-refractivity contribution in [1.29, 1.82) is 0 Å². The molecule has 0 saturated heterocycles. The first kappa shape index (κ1) is 26.1. The Morgan fingerprint density at radius 1 is 0.658 bits per heavy atom. The largest absolute Gasteiger partial charge is 0.478 e. The van der Waals surface area contributed by atoms with Gasteiger partial charge < -0.3 is 19.9 Å². The number of hydrogen-bond acceptors (Lipinski definition) is 6. The molecule has 4 aromatic rings. The molecule has 4 aromatic carbocycles. The maximum Gasteiger partial charge on any atom is 0.349 e. The number of rotatable bonds is 8. The number of amides is 1. The van der Waals surface area contributed by atoms with E-state index < -0.39 is 36.0 Å². The second-order valence-electron chi connectivity index (χ2n) is 8.74. The minimum atomic E-state index is -2.12. The zero-order chi connectivity index (χ0) is 27.2. The number of carbonyl (C=O) groups excluding carboxylic acids is 3. The molecule has 1 amide bonds. The number of benzene rings is 4. The van der Waals surface area contributed by atoms with Gasteiger partial charge in [0.1, 0.15) is 0 Å². The molecule has 0 fully saturated rings. The molecule has 8 nitrogen and oxygen atoms in total. The number of anilines is 1. The molecule has 0 saturated carbocycles. The molecule has 0 aliphatic rings. The monoisotopic (exact) mass is 511 g/mol. The van der Waals surface area contributed by atoms with E-state index in [0.29, 0.717) is 11.1 Å². The van der Waals surface area contributed by atoms with Gasteiger partial charge in [0.05, 0.1) is 11.1 Å². The Kier molecular flexibility index (Phi) is 7.82. The van der Waals surface area contributed by atoms with E-state index in [1.165, 1.54) is 24.3 Å². The first-order valence-electron chi connectivity index (χ1n) is 11.8. The summed E-state index contributed by atoms with van der Waals surface area (Å²) in [6.45, 7) is 3.66. The van der Waals surface area contributed by atoms with Crippen LogP contribution >= 0.6 is 0 Å². The van der Waals surface area contributed by atoms with Gasteiger partial charge in [-0.1, -0.05) is 71.8 Å². The summed E-state index contributed by atoms with van der Waals surface area (Å²) in [4.78, 5) is 51.4. The Hall–Kier alpha value is -4.98.